The minimum Gasteiger partial charge on any atom is -0.480 e. The number of nitrogens with two attached hydrogens (primary N) is 2. The van der Waals surface area contributed by atoms with Crippen molar-refractivity contribution in [2.45, 2.75) is 4.90 Å². The third kappa shape index (κ3) is 5.15. The summed E-state index contributed by atoms with van der Waals surface area (Å²) in [6.45, 7) is 0. The second-order valence-electron chi connectivity index (χ2n) is 8.71. The van der Waals surface area contributed by atoms with Crippen LogP contribution in [0.15, 0.2) is 82.6 Å². The average molecular weight is 579 g/mol. The van der Waals surface area contributed by atoms with E-state index in [2.05, 4.69) is 14.7 Å². The van der Waals surface area contributed by atoms with Gasteiger partial charge in [-0.15, -0.1) is 0 Å². The molecule has 5 N–H and O–H groups in total. The van der Waals surface area contributed by atoms with Gasteiger partial charge in [0.25, 0.3) is 15.6 Å². The van der Waals surface area contributed by atoms with Crippen molar-refractivity contribution < 1.29 is 26.7 Å². The molecule has 14 heteroatoms. The third-order valence-corrected chi connectivity index (χ3v) is 7.51. The maximum absolute atomic E-state index is 14.2. The molecule has 0 saturated carbocycles. The predicted octanol–water partition coefficient (Wildman–Crippen LogP) is 3.22. The van der Waals surface area contributed by atoms with E-state index in [4.69, 9.17) is 16.2 Å². The van der Waals surface area contributed by atoms with Crippen molar-refractivity contribution >= 4 is 38.5 Å². The minimum atomic E-state index is -4.50. The molecule has 11 nitrogen and oxygen atoms in total. The quantitative estimate of drug-likeness (QED) is 0.264. The summed E-state index contributed by atoms with van der Waals surface area (Å²) in [7, 11) is -3.23. The van der Waals surface area contributed by atoms with Gasteiger partial charge >= 0.3 is 0 Å². The Morgan fingerprint density at radius 1 is 1.00 bits per heavy atom. The first-order chi connectivity index (χ1) is 19.5. The van der Waals surface area contributed by atoms with Crippen molar-refractivity contribution in [3.63, 3.8) is 0 Å². The average Bonchev–Trinajstić information content (AvgIpc) is 2.92. The highest BCUT2D eigenvalue weighted by Gasteiger charge is 2.22. The lowest BCUT2D eigenvalue weighted by atomic mass is 10.0. The standard InChI is InChI=1S/C27H20F2N6O5S/c1-40-25-22(34-41(38,39)23-9-5-17(28)12-20(23)29)11-16(13-32-25)15-4-8-21-19(10-15)26(37)35(27(31)33-21)18-6-2-14(3-7-18)24(30)36/h2-13,34H,1H3,(H2,30,36)(H2,31,33). The van der Waals surface area contributed by atoms with E-state index in [0.29, 0.717) is 28.4 Å². The molecular weight excluding hydrogens is 558 g/mol. The van der Waals surface area contributed by atoms with E-state index in [-0.39, 0.29) is 28.5 Å². The van der Waals surface area contributed by atoms with Crippen LogP contribution in [0, 0.1) is 11.6 Å². The van der Waals surface area contributed by atoms with Crippen LogP contribution in [-0.4, -0.2) is 36.0 Å². The van der Waals surface area contributed by atoms with E-state index in [1.54, 1.807) is 12.1 Å². The molecule has 0 spiro atoms. The fourth-order valence-corrected chi connectivity index (χ4v) is 5.25. The largest absolute Gasteiger partial charge is 0.480 e. The van der Waals surface area contributed by atoms with Crippen LogP contribution in [0.2, 0.25) is 0 Å². The molecule has 0 bridgehead atoms. The molecule has 0 atom stereocenters. The van der Waals surface area contributed by atoms with Gasteiger partial charge in [-0.3, -0.25) is 14.3 Å². The second kappa shape index (κ2) is 10.3. The van der Waals surface area contributed by atoms with Gasteiger partial charge in [-0.1, -0.05) is 6.07 Å². The first kappa shape index (κ1) is 27.2. The number of benzene rings is 3. The van der Waals surface area contributed by atoms with Gasteiger partial charge in [0.05, 0.1) is 23.7 Å². The van der Waals surface area contributed by atoms with Crippen molar-refractivity contribution in [1.29, 1.82) is 0 Å². The Bertz CT molecular complexity index is 2010. The van der Waals surface area contributed by atoms with E-state index in [0.717, 1.165) is 12.1 Å². The number of pyridine rings is 1. The summed E-state index contributed by atoms with van der Waals surface area (Å²) in [5.74, 6) is -3.04. The van der Waals surface area contributed by atoms with Gasteiger partial charge in [0.1, 0.15) is 22.2 Å². The van der Waals surface area contributed by atoms with E-state index in [1.165, 1.54) is 54.3 Å². The monoisotopic (exact) mass is 578 g/mol. The lowest BCUT2D eigenvalue weighted by molar-refractivity contribution is 0.1000. The number of rotatable bonds is 7. The predicted molar refractivity (Wildman–Crippen MR) is 147 cm³/mol. The minimum absolute atomic E-state index is 0.0853. The van der Waals surface area contributed by atoms with Gasteiger partial charge in [-0.25, -0.2) is 31.7 Å². The number of aromatic nitrogens is 3. The molecule has 5 aromatic rings. The molecule has 41 heavy (non-hydrogen) atoms. The van der Waals surface area contributed by atoms with Crippen LogP contribution in [-0.2, 0) is 10.0 Å². The zero-order chi connectivity index (χ0) is 29.5. The van der Waals surface area contributed by atoms with Gasteiger partial charge < -0.3 is 16.2 Å². The molecule has 0 saturated heterocycles. The van der Waals surface area contributed by atoms with Gasteiger partial charge in [0.2, 0.25) is 17.7 Å². The summed E-state index contributed by atoms with van der Waals surface area (Å²) >= 11 is 0. The zero-order valence-corrected chi connectivity index (χ0v) is 21.9. The van der Waals surface area contributed by atoms with E-state index in [9.17, 15) is 26.8 Å². The normalized spacial score (nSPS) is 11.4. The number of primary amides is 1. The number of halogens is 2. The summed E-state index contributed by atoms with van der Waals surface area (Å²) in [5.41, 5.74) is 12.5. The Morgan fingerprint density at radius 2 is 1.73 bits per heavy atom. The molecule has 3 aromatic carbocycles. The Morgan fingerprint density at radius 3 is 2.39 bits per heavy atom. The topological polar surface area (TPSA) is 172 Å². The number of nitrogen functional groups attached to an aromatic ring is 1. The maximum Gasteiger partial charge on any atom is 0.267 e. The zero-order valence-electron chi connectivity index (χ0n) is 21.1. The molecule has 0 radical (unpaired) electrons. The molecular formula is C27H20F2N6O5S. The molecule has 0 aliphatic carbocycles. The molecule has 2 heterocycles. The fraction of sp³-hybridized carbons (Fsp3) is 0.0370. The van der Waals surface area contributed by atoms with Gasteiger partial charge in [0, 0.05) is 23.4 Å². The van der Waals surface area contributed by atoms with Gasteiger partial charge in [-0.2, -0.15) is 0 Å². The van der Waals surface area contributed by atoms with Gasteiger partial charge in [0.15, 0.2) is 0 Å². The summed E-state index contributed by atoms with van der Waals surface area (Å²) in [6.07, 6.45) is 1.39. The van der Waals surface area contributed by atoms with E-state index in [1.807, 2.05) is 0 Å². The van der Waals surface area contributed by atoms with Crippen LogP contribution in [0.4, 0.5) is 20.4 Å². The highest BCUT2D eigenvalue weighted by Crippen LogP contribution is 2.31. The number of anilines is 2. The Kier molecular flexibility index (Phi) is 6.84. The third-order valence-electron chi connectivity index (χ3n) is 6.11. The van der Waals surface area contributed by atoms with Crippen molar-refractivity contribution in [3.8, 4) is 22.7 Å². The Hall–Kier alpha value is -5.37. The Balaban J connectivity index is 1.58. The number of hydrogen-bond acceptors (Lipinski definition) is 8. The van der Waals surface area contributed by atoms with Crippen LogP contribution in [0.3, 0.4) is 0 Å². The molecule has 0 aliphatic rings. The van der Waals surface area contributed by atoms with Crippen molar-refractivity contribution in [1.82, 2.24) is 14.5 Å². The fourth-order valence-electron chi connectivity index (χ4n) is 4.15. The van der Waals surface area contributed by atoms with Crippen LogP contribution >= 0.6 is 0 Å². The number of sulfonamides is 1. The highest BCUT2D eigenvalue weighted by molar-refractivity contribution is 7.92. The summed E-state index contributed by atoms with van der Waals surface area (Å²) < 4.78 is 61.9. The molecule has 2 aromatic heterocycles. The van der Waals surface area contributed by atoms with Crippen LogP contribution in [0.25, 0.3) is 27.7 Å². The number of amides is 1. The summed E-state index contributed by atoms with van der Waals surface area (Å²) in [6, 6.07) is 14.1. The molecule has 0 unspecified atom stereocenters. The number of ether oxygens (including phenoxy) is 1. The SMILES string of the molecule is COc1ncc(-c2ccc3nc(N)n(-c4ccc(C(N)=O)cc4)c(=O)c3c2)cc1NS(=O)(=O)c1ccc(F)cc1F. The lowest BCUT2D eigenvalue weighted by Crippen LogP contribution is -2.23. The lowest BCUT2D eigenvalue weighted by Gasteiger charge is -2.14. The second-order valence-corrected chi connectivity index (χ2v) is 10.4. The van der Waals surface area contributed by atoms with E-state index >= 15 is 0 Å². The molecule has 1 amide bonds. The molecule has 0 fully saturated rings. The smallest absolute Gasteiger partial charge is 0.267 e. The summed E-state index contributed by atoms with van der Waals surface area (Å²) in [4.78, 5) is 32.6. The maximum atomic E-state index is 14.2. The van der Waals surface area contributed by atoms with Gasteiger partial charge in [-0.05, 0) is 60.2 Å². The number of carbonyl (C=O) groups is 1. The highest BCUT2D eigenvalue weighted by atomic mass is 32.2. The van der Waals surface area contributed by atoms with Crippen molar-refractivity contribution in [2.75, 3.05) is 17.6 Å². The number of nitrogens with one attached hydrogen (secondary N) is 1. The van der Waals surface area contributed by atoms with E-state index < -0.39 is 38.0 Å². The van der Waals surface area contributed by atoms with Crippen LogP contribution < -0.4 is 26.5 Å². The number of carbonyl (C=O) groups excluding carboxylic acids is 1. The van der Waals surface area contributed by atoms with Crippen molar-refractivity contribution in [3.05, 3.63) is 100 Å². The molecule has 0 aliphatic heterocycles. The van der Waals surface area contributed by atoms with Crippen molar-refractivity contribution in [2.24, 2.45) is 5.73 Å². The Labute approximate surface area is 231 Å². The number of hydrogen-bond donors (Lipinski definition) is 3. The first-order valence-corrected chi connectivity index (χ1v) is 13.2. The number of fused-ring (bicyclic) bond motifs is 1. The number of nitrogens with zero attached hydrogens (tertiary/aromatic N) is 3. The van der Waals surface area contributed by atoms with Crippen LogP contribution in [0.5, 0.6) is 5.88 Å². The molecule has 208 valence electrons. The first-order valence-electron chi connectivity index (χ1n) is 11.7. The number of methoxy groups -OCH3 is 1. The molecule has 5 rings (SSSR count). The summed E-state index contributed by atoms with van der Waals surface area (Å²) in [5, 5.41) is 0.182. The van der Waals surface area contributed by atoms with Crippen LogP contribution in [0.1, 0.15) is 10.4 Å².